The van der Waals surface area contributed by atoms with Crippen LogP contribution in [0.4, 0.5) is 18.9 Å². The van der Waals surface area contributed by atoms with Crippen LogP contribution in [-0.2, 0) is 17.4 Å². The Labute approximate surface area is 172 Å². The lowest BCUT2D eigenvalue weighted by Gasteiger charge is -2.27. The number of hydrogen-bond donors (Lipinski definition) is 3. The zero-order chi connectivity index (χ0) is 20.3. The minimum atomic E-state index is -4.63. The largest absolute Gasteiger partial charge is 0.416 e. The fourth-order valence-electron chi connectivity index (χ4n) is 3.27. The highest BCUT2D eigenvalue weighted by Gasteiger charge is 2.32. The number of carbonyl (C=O) groups is 2. The van der Waals surface area contributed by atoms with E-state index >= 15 is 0 Å². The predicted molar refractivity (Wildman–Crippen MR) is 106 cm³/mol. The second kappa shape index (κ2) is 9.28. The molecule has 0 spiro atoms. The molecule has 0 fully saturated rings. The molecule has 29 heavy (non-hydrogen) atoms. The van der Waals surface area contributed by atoms with E-state index in [2.05, 4.69) is 16.0 Å². The topological polar surface area (TPSA) is 70.2 Å². The van der Waals surface area contributed by atoms with Crippen molar-refractivity contribution < 1.29 is 22.8 Å². The van der Waals surface area contributed by atoms with Crippen molar-refractivity contribution in [1.29, 1.82) is 0 Å². The summed E-state index contributed by atoms with van der Waals surface area (Å²) in [4.78, 5) is 23.7. The van der Waals surface area contributed by atoms with Crippen LogP contribution >= 0.6 is 12.4 Å². The summed E-state index contributed by atoms with van der Waals surface area (Å²) >= 11 is 0. The normalized spacial score (nSPS) is 15.7. The monoisotopic (exact) mass is 427 g/mol. The van der Waals surface area contributed by atoms with Gasteiger partial charge < -0.3 is 16.0 Å². The van der Waals surface area contributed by atoms with Gasteiger partial charge in [-0.3, -0.25) is 9.59 Å². The molecule has 2 amide bonds. The Kier molecular flexibility index (Phi) is 7.26. The number of nitrogens with one attached hydrogen (secondary N) is 3. The first kappa shape index (κ1) is 22.7. The molecule has 0 saturated carbocycles. The number of rotatable bonds is 4. The Morgan fingerprint density at radius 2 is 1.90 bits per heavy atom. The van der Waals surface area contributed by atoms with Gasteiger partial charge in [0.05, 0.1) is 5.56 Å². The molecule has 0 radical (unpaired) electrons. The van der Waals surface area contributed by atoms with Crippen LogP contribution in [0.25, 0.3) is 0 Å². The molecule has 1 unspecified atom stereocenters. The Bertz CT molecular complexity index is 903. The van der Waals surface area contributed by atoms with Crippen LogP contribution in [0.1, 0.15) is 40.0 Å². The highest BCUT2D eigenvalue weighted by atomic mass is 35.5. The van der Waals surface area contributed by atoms with E-state index in [1.165, 1.54) is 18.6 Å². The van der Waals surface area contributed by atoms with Gasteiger partial charge in [0, 0.05) is 30.8 Å². The first-order valence-corrected chi connectivity index (χ1v) is 8.83. The molecule has 1 atom stereocenters. The molecule has 9 heteroatoms. The van der Waals surface area contributed by atoms with Gasteiger partial charge in [-0.15, -0.1) is 12.4 Å². The van der Waals surface area contributed by atoms with Crippen molar-refractivity contribution in [3.63, 3.8) is 0 Å². The Hall–Kier alpha value is -2.58. The summed E-state index contributed by atoms with van der Waals surface area (Å²) in [5.74, 6) is -1.16. The molecule has 1 heterocycles. The second-order valence-corrected chi connectivity index (χ2v) is 6.64. The van der Waals surface area contributed by atoms with Crippen LogP contribution in [0.3, 0.4) is 0 Å². The van der Waals surface area contributed by atoms with Gasteiger partial charge in [-0.25, -0.2) is 0 Å². The summed E-state index contributed by atoms with van der Waals surface area (Å²) in [5, 5.41) is 8.29. The van der Waals surface area contributed by atoms with Crippen molar-refractivity contribution in [2.75, 3.05) is 18.4 Å². The molecule has 0 aromatic heterocycles. The summed E-state index contributed by atoms with van der Waals surface area (Å²) in [7, 11) is 0. The van der Waals surface area contributed by atoms with Gasteiger partial charge in [0.2, 0.25) is 5.91 Å². The molecule has 0 aliphatic carbocycles. The average Bonchev–Trinajstić information content (AvgIpc) is 2.64. The Balaban J connectivity index is 0.00000300. The van der Waals surface area contributed by atoms with Gasteiger partial charge in [-0.1, -0.05) is 24.3 Å². The summed E-state index contributed by atoms with van der Waals surface area (Å²) in [5.41, 5.74) is 1.02. The number of fused-ring (bicyclic) bond motifs is 1. The van der Waals surface area contributed by atoms with Gasteiger partial charge in [0.15, 0.2) is 0 Å². The fourth-order valence-corrected chi connectivity index (χ4v) is 3.27. The third-order valence-electron chi connectivity index (χ3n) is 4.53. The molecule has 3 rings (SSSR count). The fraction of sp³-hybridized carbons (Fsp3) is 0.300. The first-order chi connectivity index (χ1) is 13.2. The number of hydrogen-bond acceptors (Lipinski definition) is 3. The predicted octanol–water partition coefficient (Wildman–Crippen LogP) is 3.70. The van der Waals surface area contributed by atoms with Crippen molar-refractivity contribution in [1.82, 2.24) is 10.6 Å². The minimum Gasteiger partial charge on any atom is -0.350 e. The number of benzene rings is 2. The van der Waals surface area contributed by atoms with E-state index in [0.29, 0.717) is 0 Å². The van der Waals surface area contributed by atoms with Crippen LogP contribution in [-0.4, -0.2) is 24.9 Å². The van der Waals surface area contributed by atoms with E-state index in [1.54, 1.807) is 0 Å². The van der Waals surface area contributed by atoms with Crippen LogP contribution in [0, 0.1) is 0 Å². The molecule has 5 nitrogen and oxygen atoms in total. The number of halogens is 4. The van der Waals surface area contributed by atoms with Gasteiger partial charge in [-0.2, -0.15) is 13.2 Å². The van der Waals surface area contributed by atoms with E-state index in [4.69, 9.17) is 0 Å². The van der Waals surface area contributed by atoms with Gasteiger partial charge in [-0.05, 0) is 42.3 Å². The Morgan fingerprint density at radius 1 is 1.17 bits per heavy atom. The molecular formula is C20H21ClF3N3O2. The van der Waals surface area contributed by atoms with E-state index < -0.39 is 23.6 Å². The molecule has 2 aromatic rings. The maximum Gasteiger partial charge on any atom is 0.416 e. The second-order valence-electron chi connectivity index (χ2n) is 6.64. The maximum absolute atomic E-state index is 13.1. The molecule has 1 aliphatic heterocycles. The number of amides is 2. The molecule has 3 N–H and O–H groups in total. The first-order valence-electron chi connectivity index (χ1n) is 8.83. The zero-order valence-electron chi connectivity index (χ0n) is 15.6. The van der Waals surface area contributed by atoms with Crippen LogP contribution < -0.4 is 16.0 Å². The van der Waals surface area contributed by atoms with E-state index in [1.807, 2.05) is 24.3 Å². The molecule has 156 valence electrons. The van der Waals surface area contributed by atoms with Gasteiger partial charge in [0.1, 0.15) is 0 Å². The molecular weight excluding hydrogens is 407 g/mol. The summed E-state index contributed by atoms with van der Waals surface area (Å²) in [6, 6.07) is 10.6. The molecule has 0 saturated heterocycles. The van der Waals surface area contributed by atoms with Gasteiger partial charge >= 0.3 is 6.18 Å². The third-order valence-corrected chi connectivity index (χ3v) is 4.53. The SMILES string of the molecule is CC(=O)Nc1cc(C(=O)NCC2NCCc3ccccc32)cc(C(F)(F)F)c1.Cl. The lowest BCUT2D eigenvalue weighted by molar-refractivity contribution is -0.137. The van der Waals surface area contributed by atoms with Crippen LogP contribution in [0.5, 0.6) is 0 Å². The summed E-state index contributed by atoms with van der Waals surface area (Å²) in [6.45, 7) is 2.18. The van der Waals surface area contributed by atoms with Crippen molar-refractivity contribution in [3.05, 3.63) is 64.7 Å². The average molecular weight is 428 g/mol. The molecule has 0 bridgehead atoms. The highest BCUT2D eigenvalue weighted by Crippen LogP contribution is 2.32. The van der Waals surface area contributed by atoms with E-state index in [0.717, 1.165) is 30.7 Å². The van der Waals surface area contributed by atoms with Gasteiger partial charge in [0.25, 0.3) is 5.91 Å². The zero-order valence-corrected chi connectivity index (χ0v) is 16.4. The third kappa shape index (κ3) is 5.71. The summed E-state index contributed by atoms with van der Waals surface area (Å²) < 4.78 is 39.4. The minimum absolute atomic E-state index is 0. The number of anilines is 1. The smallest absolute Gasteiger partial charge is 0.350 e. The maximum atomic E-state index is 13.1. The van der Waals surface area contributed by atoms with Crippen LogP contribution in [0.2, 0.25) is 0 Å². The summed E-state index contributed by atoms with van der Waals surface area (Å²) in [6.07, 6.45) is -3.75. The quantitative estimate of drug-likeness (QED) is 0.696. The van der Waals surface area contributed by atoms with Crippen LogP contribution in [0.15, 0.2) is 42.5 Å². The van der Waals surface area contributed by atoms with E-state index in [9.17, 15) is 22.8 Å². The molecule has 2 aromatic carbocycles. The number of carbonyl (C=O) groups excluding carboxylic acids is 2. The lowest BCUT2D eigenvalue weighted by Crippen LogP contribution is -2.38. The van der Waals surface area contributed by atoms with Crippen molar-refractivity contribution in [2.45, 2.75) is 25.6 Å². The van der Waals surface area contributed by atoms with Crippen molar-refractivity contribution in [3.8, 4) is 0 Å². The van der Waals surface area contributed by atoms with Crippen molar-refractivity contribution in [2.24, 2.45) is 0 Å². The van der Waals surface area contributed by atoms with Crippen molar-refractivity contribution >= 4 is 29.9 Å². The number of alkyl halides is 3. The Morgan fingerprint density at radius 3 is 2.59 bits per heavy atom. The van der Waals surface area contributed by atoms with E-state index in [-0.39, 0.29) is 36.2 Å². The molecule has 1 aliphatic rings. The lowest BCUT2D eigenvalue weighted by atomic mass is 9.94. The highest BCUT2D eigenvalue weighted by molar-refractivity contribution is 5.97. The standard InChI is InChI=1S/C20H20F3N3O2.ClH/c1-12(27)26-16-9-14(8-15(10-16)20(21,22)23)19(28)25-11-18-17-5-3-2-4-13(17)6-7-24-18;/h2-5,8-10,18,24H,6-7,11H2,1H3,(H,25,28)(H,26,27);1H.